The van der Waals surface area contributed by atoms with Crippen LogP contribution in [0.4, 0.5) is 0 Å². The van der Waals surface area contributed by atoms with Crippen LogP contribution in [0, 0.1) is 0 Å². The minimum Gasteiger partial charge on any atom is -0.103 e. The quantitative estimate of drug-likeness (QED) is 0.427. The van der Waals surface area contributed by atoms with Gasteiger partial charge in [-0.05, 0) is 48.5 Å². The summed E-state index contributed by atoms with van der Waals surface area (Å²) >= 11 is 6.81. The van der Waals surface area contributed by atoms with Crippen molar-refractivity contribution in [1.29, 1.82) is 0 Å². The Morgan fingerprint density at radius 1 is 1.12 bits per heavy atom. The molecule has 0 nitrogen and oxygen atoms in total. The van der Waals surface area contributed by atoms with Gasteiger partial charge in [0.2, 0.25) is 0 Å². The van der Waals surface area contributed by atoms with Crippen LogP contribution in [0.2, 0.25) is 0 Å². The Labute approximate surface area is 121 Å². The molecule has 0 atom stereocenters. The SMILES string of the molecule is C/C(Br)=C\C=C(/C)c1ccc(Br)cc1.C=CC. The van der Waals surface area contributed by atoms with Gasteiger partial charge in [0.05, 0.1) is 0 Å². The van der Waals surface area contributed by atoms with E-state index in [-0.39, 0.29) is 0 Å². The molecule has 0 bridgehead atoms. The highest BCUT2D eigenvalue weighted by Gasteiger charge is 1.93. The molecule has 0 heterocycles. The zero-order chi connectivity index (χ0) is 13.3. The molecule has 0 aromatic heterocycles. The van der Waals surface area contributed by atoms with Crippen molar-refractivity contribution in [2.45, 2.75) is 20.8 Å². The van der Waals surface area contributed by atoms with Crippen LogP contribution in [-0.2, 0) is 0 Å². The minimum absolute atomic E-state index is 1.11. The van der Waals surface area contributed by atoms with Crippen LogP contribution >= 0.6 is 31.9 Å². The van der Waals surface area contributed by atoms with E-state index in [0.29, 0.717) is 0 Å². The van der Waals surface area contributed by atoms with Gasteiger partial charge in [0, 0.05) is 4.47 Å². The Bertz CT molecular complexity index is 393. The molecule has 0 aliphatic heterocycles. The fourth-order valence-corrected chi connectivity index (χ4v) is 1.45. The van der Waals surface area contributed by atoms with Crippen molar-refractivity contribution in [3.63, 3.8) is 0 Å². The van der Waals surface area contributed by atoms with E-state index < -0.39 is 0 Å². The second-order valence-corrected chi connectivity index (χ2v) is 5.68. The molecule has 0 radical (unpaired) electrons. The molecule has 0 saturated heterocycles. The second-order valence-electron chi connectivity index (χ2n) is 3.52. The van der Waals surface area contributed by atoms with Gasteiger partial charge in [-0.25, -0.2) is 0 Å². The Morgan fingerprint density at radius 3 is 2.00 bits per heavy atom. The van der Waals surface area contributed by atoms with Crippen molar-refractivity contribution in [2.24, 2.45) is 0 Å². The van der Waals surface area contributed by atoms with Crippen LogP contribution in [0.15, 0.2) is 58.0 Å². The minimum atomic E-state index is 1.11. The van der Waals surface area contributed by atoms with E-state index >= 15 is 0 Å². The Balaban J connectivity index is 0.000000770. The molecule has 0 saturated carbocycles. The van der Waals surface area contributed by atoms with Gasteiger partial charge in [0.25, 0.3) is 0 Å². The number of hydrogen-bond acceptors (Lipinski definition) is 0. The van der Waals surface area contributed by atoms with Crippen LogP contribution in [0.5, 0.6) is 0 Å². The maximum Gasteiger partial charge on any atom is 0.0175 e. The maximum absolute atomic E-state index is 3.42. The lowest BCUT2D eigenvalue weighted by Crippen LogP contribution is -1.77. The van der Waals surface area contributed by atoms with E-state index in [9.17, 15) is 0 Å². The fourth-order valence-electron chi connectivity index (χ4n) is 1.05. The van der Waals surface area contributed by atoms with Crippen LogP contribution in [0.1, 0.15) is 26.3 Å². The van der Waals surface area contributed by atoms with E-state index in [2.05, 4.69) is 81.8 Å². The van der Waals surface area contributed by atoms with Gasteiger partial charge in [-0.15, -0.1) is 6.58 Å². The molecule has 1 rings (SSSR count). The molecule has 0 aliphatic rings. The summed E-state index contributed by atoms with van der Waals surface area (Å²) in [5, 5.41) is 0. The molecule has 0 N–H and O–H groups in total. The van der Waals surface area contributed by atoms with Crippen LogP contribution in [-0.4, -0.2) is 0 Å². The molecular formula is C15H18Br2. The standard InChI is InChI=1S/C12H12Br2.C3H6/c1-9(3-4-10(2)13)11-5-7-12(14)8-6-11;1-3-2/h3-8H,1-2H3;3H,1H2,2H3/b9-3+,10-4+;. The fraction of sp³-hybridized carbons (Fsp3) is 0.200. The predicted octanol–water partition coefficient (Wildman–Crippen LogP) is 6.34. The van der Waals surface area contributed by atoms with Gasteiger partial charge in [-0.3, -0.25) is 0 Å². The van der Waals surface area contributed by atoms with E-state index in [1.165, 1.54) is 11.1 Å². The third kappa shape index (κ3) is 8.17. The second kappa shape index (κ2) is 9.43. The lowest BCUT2D eigenvalue weighted by Gasteiger charge is -2.00. The average molecular weight is 358 g/mol. The van der Waals surface area contributed by atoms with E-state index in [1.54, 1.807) is 6.08 Å². The lowest BCUT2D eigenvalue weighted by molar-refractivity contribution is 1.54. The van der Waals surface area contributed by atoms with Crippen molar-refractivity contribution >= 4 is 37.4 Å². The van der Waals surface area contributed by atoms with Crippen LogP contribution in [0.3, 0.4) is 0 Å². The first kappa shape index (κ1) is 16.4. The van der Waals surface area contributed by atoms with Gasteiger partial charge in [0.1, 0.15) is 0 Å². The molecule has 1 aromatic carbocycles. The maximum atomic E-state index is 3.42. The van der Waals surface area contributed by atoms with Crippen molar-refractivity contribution < 1.29 is 0 Å². The third-order valence-corrected chi connectivity index (χ3v) is 2.66. The molecule has 2 heteroatoms. The molecule has 17 heavy (non-hydrogen) atoms. The number of benzene rings is 1. The number of halogens is 2. The van der Waals surface area contributed by atoms with Gasteiger partial charge in [-0.2, -0.15) is 0 Å². The van der Waals surface area contributed by atoms with E-state index in [0.717, 1.165) is 8.96 Å². The summed E-state index contributed by atoms with van der Waals surface area (Å²) in [6, 6.07) is 8.31. The van der Waals surface area contributed by atoms with Gasteiger partial charge < -0.3 is 0 Å². The first-order chi connectivity index (χ1) is 8.01. The molecule has 0 unspecified atom stereocenters. The van der Waals surface area contributed by atoms with Crippen LogP contribution < -0.4 is 0 Å². The summed E-state index contributed by atoms with van der Waals surface area (Å²) in [6.45, 7) is 9.38. The third-order valence-electron chi connectivity index (χ3n) is 1.86. The van der Waals surface area contributed by atoms with Crippen LogP contribution in [0.25, 0.3) is 5.57 Å². The highest BCUT2D eigenvalue weighted by atomic mass is 79.9. The van der Waals surface area contributed by atoms with Gasteiger partial charge in [-0.1, -0.05) is 62.2 Å². The molecule has 0 spiro atoms. The Kier molecular flexibility index (Phi) is 9.10. The smallest absolute Gasteiger partial charge is 0.0175 e. The zero-order valence-corrected chi connectivity index (χ0v) is 13.7. The summed E-state index contributed by atoms with van der Waals surface area (Å²) in [5.41, 5.74) is 2.51. The number of allylic oxidation sites excluding steroid dienone is 5. The van der Waals surface area contributed by atoms with Crippen molar-refractivity contribution in [3.05, 3.63) is 63.6 Å². The molecule has 0 aliphatic carbocycles. The zero-order valence-electron chi connectivity index (χ0n) is 10.5. The number of hydrogen-bond donors (Lipinski definition) is 0. The first-order valence-corrected chi connectivity index (χ1v) is 6.93. The molecule has 1 aromatic rings. The largest absolute Gasteiger partial charge is 0.103 e. The van der Waals surface area contributed by atoms with Gasteiger partial charge in [0.15, 0.2) is 0 Å². The van der Waals surface area contributed by atoms with Crippen molar-refractivity contribution in [3.8, 4) is 0 Å². The summed E-state index contributed by atoms with van der Waals surface area (Å²) < 4.78 is 2.25. The highest BCUT2D eigenvalue weighted by molar-refractivity contribution is 9.11. The normalized spacial score (nSPS) is 11.6. The molecule has 0 amide bonds. The monoisotopic (exact) mass is 356 g/mol. The highest BCUT2D eigenvalue weighted by Crippen LogP contribution is 2.18. The summed E-state index contributed by atoms with van der Waals surface area (Å²) in [5.74, 6) is 0. The molecular weight excluding hydrogens is 340 g/mol. The topological polar surface area (TPSA) is 0 Å². The molecule has 0 fully saturated rings. The predicted molar refractivity (Wildman–Crippen MR) is 86.3 cm³/mol. The Morgan fingerprint density at radius 2 is 1.59 bits per heavy atom. The van der Waals surface area contributed by atoms with E-state index in [4.69, 9.17) is 0 Å². The van der Waals surface area contributed by atoms with Crippen molar-refractivity contribution in [1.82, 2.24) is 0 Å². The first-order valence-electron chi connectivity index (χ1n) is 5.35. The summed E-state index contributed by atoms with van der Waals surface area (Å²) in [7, 11) is 0. The number of rotatable bonds is 2. The Hall–Kier alpha value is -0.600. The lowest BCUT2D eigenvalue weighted by atomic mass is 10.1. The summed E-state index contributed by atoms with van der Waals surface area (Å²) in [4.78, 5) is 0. The van der Waals surface area contributed by atoms with Gasteiger partial charge >= 0.3 is 0 Å². The van der Waals surface area contributed by atoms with Crippen molar-refractivity contribution in [2.75, 3.05) is 0 Å². The average Bonchev–Trinajstić information content (AvgIpc) is 2.28. The molecule has 92 valence electrons. The summed E-state index contributed by atoms with van der Waals surface area (Å²) in [6.07, 6.45) is 5.91. The van der Waals surface area contributed by atoms with E-state index in [1.807, 2.05) is 13.8 Å².